The normalized spacial score (nSPS) is 10.5. The largest absolute Gasteiger partial charge is 0.325 e. The molecule has 0 saturated carbocycles. The minimum Gasteiger partial charge on any atom is -0.325 e. The molecule has 18 heavy (non-hydrogen) atoms. The van der Waals surface area contributed by atoms with Gasteiger partial charge in [0.1, 0.15) is 11.6 Å². The lowest BCUT2D eigenvalue weighted by atomic mass is 10.2. The van der Waals surface area contributed by atoms with Crippen molar-refractivity contribution in [3.8, 4) is 0 Å². The van der Waals surface area contributed by atoms with E-state index in [9.17, 15) is 0 Å². The highest BCUT2D eigenvalue weighted by Gasteiger charge is 1.99. The molecule has 3 rings (SSSR count). The number of fused-ring (bicyclic) bond motifs is 1. The number of anilines is 2. The molecular weight excluding hydrogens is 290 g/mol. The van der Waals surface area contributed by atoms with E-state index in [-0.39, 0.29) is 0 Å². The third-order valence-electron chi connectivity index (χ3n) is 2.58. The van der Waals surface area contributed by atoms with E-state index in [1.165, 1.54) is 0 Å². The Kier molecular flexibility index (Phi) is 2.94. The summed E-state index contributed by atoms with van der Waals surface area (Å²) < 4.78 is 0.958. The van der Waals surface area contributed by atoms with Crippen molar-refractivity contribution in [2.24, 2.45) is 0 Å². The fraction of sp³-hybridized carbons (Fsp3) is 0. The first-order valence-corrected chi connectivity index (χ1v) is 6.35. The molecule has 88 valence electrons. The summed E-state index contributed by atoms with van der Waals surface area (Å²) in [6.07, 6.45) is 1.75. The molecule has 0 fully saturated rings. The number of hydrogen-bond acceptors (Lipinski definition) is 3. The number of pyridine rings is 2. The number of para-hydroxylation sites is 1. The Bertz CT molecular complexity index is 680. The summed E-state index contributed by atoms with van der Waals surface area (Å²) in [5.74, 6) is 1.57. The lowest BCUT2D eigenvalue weighted by Gasteiger charge is -2.05. The Labute approximate surface area is 113 Å². The van der Waals surface area contributed by atoms with Gasteiger partial charge in [0.25, 0.3) is 0 Å². The quantitative estimate of drug-likeness (QED) is 0.773. The summed E-state index contributed by atoms with van der Waals surface area (Å²) in [4.78, 5) is 8.79. The van der Waals surface area contributed by atoms with Crippen LogP contribution in [-0.4, -0.2) is 9.97 Å². The third-order valence-corrected chi connectivity index (χ3v) is 3.05. The van der Waals surface area contributed by atoms with Gasteiger partial charge < -0.3 is 5.32 Å². The SMILES string of the molecule is Brc1ccc(Nc2ccc3ccccc3n2)nc1. The fourth-order valence-electron chi connectivity index (χ4n) is 1.72. The van der Waals surface area contributed by atoms with E-state index >= 15 is 0 Å². The molecule has 0 unspecified atom stereocenters. The summed E-state index contributed by atoms with van der Waals surface area (Å²) in [6.45, 7) is 0. The highest BCUT2D eigenvalue weighted by atomic mass is 79.9. The van der Waals surface area contributed by atoms with Crippen LogP contribution in [0.15, 0.2) is 59.2 Å². The number of benzene rings is 1. The first-order valence-electron chi connectivity index (χ1n) is 5.56. The van der Waals surface area contributed by atoms with Crippen molar-refractivity contribution in [1.29, 1.82) is 0 Å². The third kappa shape index (κ3) is 2.33. The van der Waals surface area contributed by atoms with Gasteiger partial charge in [0.15, 0.2) is 0 Å². The van der Waals surface area contributed by atoms with E-state index in [0.29, 0.717) is 0 Å². The molecule has 0 radical (unpaired) electrons. The Morgan fingerprint density at radius 2 is 1.72 bits per heavy atom. The van der Waals surface area contributed by atoms with Gasteiger partial charge in [-0.15, -0.1) is 0 Å². The first kappa shape index (κ1) is 11.2. The van der Waals surface area contributed by atoms with E-state index in [0.717, 1.165) is 27.0 Å². The molecular formula is C14H10BrN3. The van der Waals surface area contributed by atoms with Crippen LogP contribution in [0.2, 0.25) is 0 Å². The fourth-order valence-corrected chi connectivity index (χ4v) is 1.95. The van der Waals surface area contributed by atoms with Crippen LogP contribution in [0.1, 0.15) is 0 Å². The molecule has 0 aliphatic rings. The lowest BCUT2D eigenvalue weighted by molar-refractivity contribution is 1.26. The van der Waals surface area contributed by atoms with Crippen molar-refractivity contribution in [3.63, 3.8) is 0 Å². The summed E-state index contributed by atoms with van der Waals surface area (Å²) in [5.41, 5.74) is 0.972. The second kappa shape index (κ2) is 4.74. The average molecular weight is 300 g/mol. The molecule has 4 heteroatoms. The second-order valence-electron chi connectivity index (χ2n) is 3.88. The molecule has 2 heterocycles. The van der Waals surface area contributed by atoms with Gasteiger partial charge >= 0.3 is 0 Å². The molecule has 0 spiro atoms. The zero-order chi connectivity index (χ0) is 12.4. The average Bonchev–Trinajstić information content (AvgIpc) is 2.41. The van der Waals surface area contributed by atoms with Crippen molar-refractivity contribution >= 4 is 38.5 Å². The summed E-state index contributed by atoms with van der Waals surface area (Å²) in [7, 11) is 0. The molecule has 0 aliphatic heterocycles. The topological polar surface area (TPSA) is 37.8 Å². The molecule has 3 aromatic rings. The van der Waals surface area contributed by atoms with Crippen LogP contribution in [0.3, 0.4) is 0 Å². The number of rotatable bonds is 2. The van der Waals surface area contributed by atoms with Crippen LogP contribution >= 0.6 is 15.9 Å². The summed E-state index contributed by atoms with van der Waals surface area (Å²) in [6, 6.07) is 15.9. The number of hydrogen-bond donors (Lipinski definition) is 1. The Morgan fingerprint density at radius 3 is 2.56 bits per heavy atom. The monoisotopic (exact) mass is 299 g/mol. The minimum absolute atomic E-state index is 0.779. The second-order valence-corrected chi connectivity index (χ2v) is 4.79. The maximum Gasteiger partial charge on any atom is 0.132 e. The van der Waals surface area contributed by atoms with Crippen LogP contribution in [-0.2, 0) is 0 Å². The van der Waals surface area contributed by atoms with Crippen molar-refractivity contribution in [2.75, 3.05) is 5.32 Å². The Hall–Kier alpha value is -1.94. The predicted octanol–water partition coefficient (Wildman–Crippen LogP) is 4.14. The lowest BCUT2D eigenvalue weighted by Crippen LogP contribution is -1.95. The van der Waals surface area contributed by atoms with Crippen molar-refractivity contribution in [2.45, 2.75) is 0 Å². The van der Waals surface area contributed by atoms with Gasteiger partial charge in [-0.05, 0) is 46.3 Å². The highest BCUT2D eigenvalue weighted by molar-refractivity contribution is 9.10. The van der Waals surface area contributed by atoms with E-state index < -0.39 is 0 Å². The minimum atomic E-state index is 0.779. The Balaban J connectivity index is 1.92. The first-order chi connectivity index (χ1) is 8.81. The maximum absolute atomic E-state index is 4.53. The summed E-state index contributed by atoms with van der Waals surface area (Å²) >= 11 is 3.36. The molecule has 0 atom stereocenters. The van der Waals surface area contributed by atoms with Gasteiger partial charge in [-0.3, -0.25) is 0 Å². The van der Waals surface area contributed by atoms with Gasteiger partial charge in [0, 0.05) is 16.1 Å². The molecule has 3 nitrogen and oxygen atoms in total. The van der Waals surface area contributed by atoms with Crippen LogP contribution in [0.25, 0.3) is 10.9 Å². The Morgan fingerprint density at radius 1 is 0.889 bits per heavy atom. The maximum atomic E-state index is 4.53. The van der Waals surface area contributed by atoms with Gasteiger partial charge in [-0.25, -0.2) is 9.97 Å². The van der Waals surface area contributed by atoms with Crippen LogP contribution in [0.4, 0.5) is 11.6 Å². The molecule has 0 amide bonds. The summed E-state index contributed by atoms with van der Waals surface area (Å²) in [5, 5.41) is 4.31. The molecule has 0 bridgehead atoms. The van der Waals surface area contributed by atoms with Gasteiger partial charge in [0.2, 0.25) is 0 Å². The smallest absolute Gasteiger partial charge is 0.132 e. The molecule has 0 aliphatic carbocycles. The van der Waals surface area contributed by atoms with Crippen molar-refractivity contribution in [3.05, 3.63) is 59.2 Å². The number of halogens is 1. The highest BCUT2D eigenvalue weighted by Crippen LogP contribution is 2.18. The van der Waals surface area contributed by atoms with Gasteiger partial charge in [-0.1, -0.05) is 18.2 Å². The molecule has 2 aromatic heterocycles. The number of nitrogens with one attached hydrogen (secondary N) is 1. The number of nitrogens with zero attached hydrogens (tertiary/aromatic N) is 2. The van der Waals surface area contributed by atoms with Crippen LogP contribution in [0, 0.1) is 0 Å². The molecule has 1 N–H and O–H groups in total. The van der Waals surface area contributed by atoms with Crippen molar-refractivity contribution in [1.82, 2.24) is 9.97 Å². The van der Waals surface area contributed by atoms with Crippen LogP contribution in [0.5, 0.6) is 0 Å². The van der Waals surface area contributed by atoms with E-state index in [1.54, 1.807) is 6.20 Å². The van der Waals surface area contributed by atoms with Gasteiger partial charge in [-0.2, -0.15) is 0 Å². The van der Waals surface area contributed by atoms with Crippen LogP contribution < -0.4 is 5.32 Å². The van der Waals surface area contributed by atoms with Crippen molar-refractivity contribution < 1.29 is 0 Å². The van der Waals surface area contributed by atoms with E-state index in [2.05, 4.69) is 31.2 Å². The standard InChI is InChI=1S/C14H10BrN3/c15-11-6-8-13(16-9-11)18-14-7-5-10-3-1-2-4-12(10)17-14/h1-9H,(H,16,17,18). The van der Waals surface area contributed by atoms with E-state index in [1.807, 2.05) is 48.5 Å². The zero-order valence-electron chi connectivity index (χ0n) is 9.47. The van der Waals surface area contributed by atoms with E-state index in [4.69, 9.17) is 0 Å². The predicted molar refractivity (Wildman–Crippen MR) is 77.0 cm³/mol. The zero-order valence-corrected chi connectivity index (χ0v) is 11.1. The molecule has 0 saturated heterocycles. The van der Waals surface area contributed by atoms with Gasteiger partial charge in [0.05, 0.1) is 5.52 Å². The molecule has 1 aromatic carbocycles. The number of aromatic nitrogens is 2.